The summed E-state index contributed by atoms with van der Waals surface area (Å²) in [7, 11) is 0. The quantitative estimate of drug-likeness (QED) is 0.0954. The van der Waals surface area contributed by atoms with Gasteiger partial charge in [0.15, 0.2) is 0 Å². The SMILES string of the molecule is CC(C)(C)c1ccc(-c2ccc(N(c3ccc(-c4ccc(C(C)(C)C)cc4)cc3)c3ccc4c(ccc5ccccc54)c3)cc2)cc1.c1ccc(-c2ccc(N(c3ccc(-c4ccccc4)cc3)c3ccc4c(ccc5ccccc54)c3)cc2)cc1.c1ccc(-c2cccc(-c3ccc(N(c4ccc5c(ccc6ccccc65)c4)c4ccc5c(c4)oc4ccccc45)cc3)c2)cc1. The van der Waals surface area contributed by atoms with Crippen LogP contribution < -0.4 is 14.7 Å². The number of anilines is 9. The molecule has 0 atom stereocenters. The van der Waals surface area contributed by atoms with E-state index in [-0.39, 0.29) is 10.8 Å². The number of hydrogen-bond acceptors (Lipinski definition) is 4. The van der Waals surface area contributed by atoms with Gasteiger partial charge in [0, 0.05) is 68.0 Å². The Morgan fingerprint density at radius 1 is 0.144 bits per heavy atom. The molecule has 4 heteroatoms. The predicted molar refractivity (Wildman–Crippen MR) is 566 cm³/mol. The zero-order chi connectivity index (χ0) is 89.2. The Morgan fingerprint density at radius 2 is 0.364 bits per heavy atom. The smallest absolute Gasteiger partial charge is 0.137 e. The van der Waals surface area contributed by atoms with Crippen LogP contribution in [0, 0.1) is 0 Å². The molecule has 0 aliphatic carbocycles. The van der Waals surface area contributed by atoms with Crippen LogP contribution in [0.5, 0.6) is 0 Å². The Hall–Kier alpha value is -16.4. The van der Waals surface area contributed by atoms with Crippen LogP contribution in [0.25, 0.3) is 153 Å². The van der Waals surface area contributed by atoms with E-state index < -0.39 is 0 Å². The van der Waals surface area contributed by atoms with E-state index in [1.54, 1.807) is 0 Å². The molecule has 0 saturated heterocycles. The van der Waals surface area contributed by atoms with E-state index in [4.69, 9.17) is 4.42 Å². The van der Waals surface area contributed by atoms with Crippen LogP contribution in [0.15, 0.2) is 496 Å². The molecule has 0 saturated carbocycles. The van der Waals surface area contributed by atoms with Gasteiger partial charge in [-0.3, -0.25) is 0 Å². The van der Waals surface area contributed by atoms with Gasteiger partial charge in [-0.05, 0) is 275 Å². The molecule has 23 rings (SSSR count). The highest BCUT2D eigenvalue weighted by Crippen LogP contribution is 2.46. The zero-order valence-electron chi connectivity index (χ0n) is 75.0. The minimum atomic E-state index is 0.139. The molecule has 4 nitrogen and oxygen atoms in total. The molecule has 23 aromatic rings. The maximum Gasteiger partial charge on any atom is 0.137 e. The predicted octanol–water partition coefficient (Wildman–Crippen LogP) is 36.9. The molecule has 0 aliphatic heterocycles. The Labute approximate surface area is 773 Å². The van der Waals surface area contributed by atoms with Gasteiger partial charge in [0.25, 0.3) is 0 Å². The van der Waals surface area contributed by atoms with Gasteiger partial charge in [0.1, 0.15) is 11.2 Å². The van der Waals surface area contributed by atoms with Crippen LogP contribution in [0.1, 0.15) is 52.7 Å². The van der Waals surface area contributed by atoms with Crippen LogP contribution >= 0.6 is 0 Å². The lowest BCUT2D eigenvalue weighted by atomic mass is 9.86. The molecule has 0 N–H and O–H groups in total. The molecule has 0 fully saturated rings. The van der Waals surface area contributed by atoms with Gasteiger partial charge in [-0.1, -0.05) is 406 Å². The Morgan fingerprint density at radius 3 is 0.697 bits per heavy atom. The van der Waals surface area contributed by atoms with Crippen LogP contribution in [-0.2, 0) is 10.8 Å². The standard InChI is InChI=1S/C46H43N.C44H29NO.C38H27N/c1-45(2,3)38-21-13-32(14-22-38)34-17-25-40(26-18-34)47(42-29-30-44-37(31-42)12-11-36-9-7-8-10-43(36)44)41-27-19-35(20-28-41)33-15-23-39(24-16-33)46(4,5)6;1-2-9-30(10-3-1)33-12-8-13-34(27-33)31-19-21-36(22-20-31)45(38-24-26-42-41-15-6-7-16-43(41)46-44(42)29-38)37-23-25-40-35(28-37)18-17-32-11-4-5-14-39(32)40;1-3-9-28(10-4-1)30-17-21-34(22-18-30)39(35-23-19-31(20-24-35)29-11-5-2-6-12-29)36-25-26-38-33(27-36)16-15-32-13-7-8-14-37(32)38/h7-31H,1-6H3;1-29H;1-27H. The Kier molecular flexibility index (Phi) is 22.3. The van der Waals surface area contributed by atoms with Crippen molar-refractivity contribution in [2.24, 2.45) is 0 Å². The van der Waals surface area contributed by atoms with Crippen LogP contribution in [0.4, 0.5) is 51.2 Å². The van der Waals surface area contributed by atoms with E-state index >= 15 is 0 Å². The van der Waals surface area contributed by atoms with E-state index in [0.29, 0.717) is 0 Å². The molecule has 0 aliphatic rings. The number of hydrogen-bond donors (Lipinski definition) is 0. The number of rotatable bonds is 15. The molecule has 22 aromatic carbocycles. The van der Waals surface area contributed by atoms with Crippen LogP contribution in [0.2, 0.25) is 0 Å². The summed E-state index contributed by atoms with van der Waals surface area (Å²) >= 11 is 0. The summed E-state index contributed by atoms with van der Waals surface area (Å²) in [6.45, 7) is 13.6. The van der Waals surface area contributed by atoms with Crippen molar-refractivity contribution in [3.8, 4) is 66.8 Å². The van der Waals surface area contributed by atoms with E-state index in [2.05, 4.69) is 535 Å². The number of para-hydroxylation sites is 1. The van der Waals surface area contributed by atoms with Crippen molar-refractivity contribution in [3.05, 3.63) is 503 Å². The summed E-state index contributed by atoms with van der Waals surface area (Å²) < 4.78 is 6.33. The van der Waals surface area contributed by atoms with Crippen molar-refractivity contribution in [2.45, 2.75) is 52.4 Å². The van der Waals surface area contributed by atoms with Crippen molar-refractivity contribution in [1.82, 2.24) is 0 Å². The fourth-order valence-electron chi connectivity index (χ4n) is 18.7. The summed E-state index contributed by atoms with van der Waals surface area (Å²) in [4.78, 5) is 7.04. The second kappa shape index (κ2) is 35.7. The molecule has 1 heterocycles. The molecular weight excluding hydrogens is 1600 g/mol. The maximum absolute atomic E-state index is 6.33. The summed E-state index contributed by atoms with van der Waals surface area (Å²) in [5.41, 5.74) is 29.3. The van der Waals surface area contributed by atoms with Gasteiger partial charge in [-0.25, -0.2) is 0 Å². The first-order chi connectivity index (χ1) is 64.7. The lowest BCUT2D eigenvalue weighted by molar-refractivity contribution is 0.590. The fourth-order valence-corrected chi connectivity index (χ4v) is 18.7. The largest absolute Gasteiger partial charge is 0.456 e. The van der Waals surface area contributed by atoms with Crippen molar-refractivity contribution in [3.63, 3.8) is 0 Å². The zero-order valence-corrected chi connectivity index (χ0v) is 75.0. The number of furan rings is 1. The highest BCUT2D eigenvalue weighted by Gasteiger charge is 2.23. The number of benzene rings is 22. The van der Waals surface area contributed by atoms with Crippen molar-refractivity contribution >= 4 is 138 Å². The van der Waals surface area contributed by atoms with E-state index in [1.807, 2.05) is 12.1 Å². The van der Waals surface area contributed by atoms with Gasteiger partial charge in [-0.2, -0.15) is 0 Å². The van der Waals surface area contributed by atoms with E-state index in [1.165, 1.54) is 143 Å². The second-order valence-corrected chi connectivity index (χ2v) is 36.4. The summed E-state index contributed by atoms with van der Waals surface area (Å²) in [5, 5.41) is 17.4. The third-order valence-corrected chi connectivity index (χ3v) is 25.9. The Bertz CT molecular complexity index is 7890. The average Bonchev–Trinajstić information content (AvgIpc) is 1.04. The maximum atomic E-state index is 6.33. The molecule has 132 heavy (non-hydrogen) atoms. The third-order valence-electron chi connectivity index (χ3n) is 25.9. The minimum Gasteiger partial charge on any atom is -0.456 e. The van der Waals surface area contributed by atoms with E-state index in [9.17, 15) is 0 Å². The van der Waals surface area contributed by atoms with E-state index in [0.717, 1.165) is 73.1 Å². The van der Waals surface area contributed by atoms with Gasteiger partial charge >= 0.3 is 0 Å². The first kappa shape index (κ1) is 82.6. The second-order valence-electron chi connectivity index (χ2n) is 36.4. The lowest BCUT2D eigenvalue weighted by Crippen LogP contribution is -2.10. The molecule has 0 bridgehead atoms. The molecular formula is C128H99N3O. The normalized spacial score (nSPS) is 11.6. The van der Waals surface area contributed by atoms with Crippen LogP contribution in [-0.4, -0.2) is 0 Å². The van der Waals surface area contributed by atoms with Crippen molar-refractivity contribution < 1.29 is 4.42 Å². The molecule has 0 spiro atoms. The van der Waals surface area contributed by atoms with Gasteiger partial charge < -0.3 is 19.1 Å². The lowest BCUT2D eigenvalue weighted by Gasteiger charge is -2.26. The summed E-state index contributed by atoms with van der Waals surface area (Å²) in [5.74, 6) is 0. The van der Waals surface area contributed by atoms with Crippen molar-refractivity contribution in [2.75, 3.05) is 14.7 Å². The minimum absolute atomic E-state index is 0.139. The van der Waals surface area contributed by atoms with Crippen molar-refractivity contribution in [1.29, 1.82) is 0 Å². The van der Waals surface area contributed by atoms with Gasteiger partial charge in [0.05, 0.1) is 0 Å². The molecule has 632 valence electrons. The number of nitrogens with zero attached hydrogens (tertiary/aromatic N) is 3. The monoisotopic (exact) mass is 1690 g/mol. The van der Waals surface area contributed by atoms with Crippen LogP contribution in [0.3, 0.4) is 0 Å². The topological polar surface area (TPSA) is 22.9 Å². The first-order valence-corrected chi connectivity index (χ1v) is 45.7. The molecule has 0 radical (unpaired) electrons. The highest BCUT2D eigenvalue weighted by atomic mass is 16.3. The highest BCUT2D eigenvalue weighted by molar-refractivity contribution is 6.12. The summed E-state index contributed by atoms with van der Waals surface area (Å²) in [6.07, 6.45) is 0. The van der Waals surface area contributed by atoms with Gasteiger partial charge in [-0.15, -0.1) is 0 Å². The molecule has 0 unspecified atom stereocenters. The molecule has 1 aromatic heterocycles. The number of fused-ring (bicyclic) bond motifs is 12. The van der Waals surface area contributed by atoms with Gasteiger partial charge in [0.2, 0.25) is 0 Å². The first-order valence-electron chi connectivity index (χ1n) is 45.7. The Balaban J connectivity index is 0.000000120. The molecule has 0 amide bonds. The summed E-state index contributed by atoms with van der Waals surface area (Å²) in [6, 6.07) is 177. The fraction of sp³-hybridized carbons (Fsp3) is 0.0625. The third kappa shape index (κ3) is 17.1. The average molecular weight is 1700 g/mol.